The number of nitrogens with zero attached hydrogens (tertiary/aromatic N) is 1. The number of thiol groups is 1. The minimum atomic E-state index is -2.12. The molecule has 13 heavy (non-hydrogen) atoms. The summed E-state index contributed by atoms with van der Waals surface area (Å²) >= 11 is 0. The van der Waals surface area contributed by atoms with Gasteiger partial charge in [-0.3, -0.25) is 10.1 Å². The smallest absolute Gasteiger partial charge is 0.258 e. The summed E-state index contributed by atoms with van der Waals surface area (Å²) < 4.78 is 18.1. The van der Waals surface area contributed by atoms with E-state index in [1.165, 1.54) is 12.1 Å². The first kappa shape index (κ1) is 11.6. The van der Waals surface area contributed by atoms with Crippen LogP contribution in [0.15, 0.2) is 30.3 Å². The van der Waals surface area contributed by atoms with E-state index in [0.29, 0.717) is 0 Å². The first-order valence-electron chi connectivity index (χ1n) is 3.31. The number of rotatable bonds is 1. The van der Waals surface area contributed by atoms with E-state index in [9.17, 15) is 10.1 Å². The number of para-hydroxylation sites is 1. The van der Waals surface area contributed by atoms with E-state index >= 15 is 0 Å². The van der Waals surface area contributed by atoms with Gasteiger partial charge in [0.15, 0.2) is 0 Å². The Balaban J connectivity index is 0.000000310. The zero-order chi connectivity index (χ0) is 10.3. The van der Waals surface area contributed by atoms with Crippen LogP contribution in [0.4, 0.5) is 5.69 Å². The van der Waals surface area contributed by atoms with Gasteiger partial charge in [-0.1, -0.05) is 18.2 Å². The number of non-ortho nitro benzene ring substituents is 1. The lowest BCUT2D eigenvalue weighted by atomic mass is 10.3. The van der Waals surface area contributed by atoms with Gasteiger partial charge in [-0.05, 0) is 0 Å². The molecule has 6 heteroatoms. The summed E-state index contributed by atoms with van der Waals surface area (Å²) in [5, 5.41) is 10.0. The topological polar surface area (TPSA) is 77.3 Å². The van der Waals surface area contributed by atoms with Gasteiger partial charge >= 0.3 is 0 Å². The second kappa shape index (κ2) is 6.13. The van der Waals surface area contributed by atoms with Crippen LogP contribution < -0.4 is 0 Å². The molecule has 0 heterocycles. The van der Waals surface area contributed by atoms with Gasteiger partial charge in [0.05, 0.1) is 4.92 Å². The summed E-state index contributed by atoms with van der Waals surface area (Å²) in [5.41, 5.74) is 0.137. The molecule has 1 rings (SSSR count). The van der Waals surface area contributed by atoms with Crippen molar-refractivity contribution in [1.29, 1.82) is 0 Å². The molecule has 0 aromatic heterocycles. The molecule has 0 radical (unpaired) electrons. The van der Waals surface area contributed by atoms with Crippen molar-refractivity contribution in [3.8, 4) is 0 Å². The van der Waals surface area contributed by atoms with Crippen molar-refractivity contribution < 1.29 is 13.3 Å². The Kier molecular flexibility index (Phi) is 5.45. The third-order valence-corrected chi connectivity index (χ3v) is 0.967. The third kappa shape index (κ3) is 6.95. The number of benzene rings is 1. The standard InChI is InChI=1S/C6H5NO2.CH4O2S/c8-7(9)6-4-2-1-3-5-6;1-4(2)3/h1-5H;4H,1H3. The van der Waals surface area contributed by atoms with Gasteiger partial charge < -0.3 is 0 Å². The van der Waals surface area contributed by atoms with Crippen LogP contribution in [0.2, 0.25) is 0 Å². The van der Waals surface area contributed by atoms with Crippen molar-refractivity contribution in [2.45, 2.75) is 0 Å². The minimum absolute atomic E-state index is 0.137. The molecule has 0 N–H and O–H groups in total. The van der Waals surface area contributed by atoms with Gasteiger partial charge in [-0.2, -0.15) is 0 Å². The summed E-state index contributed by atoms with van der Waals surface area (Å²) in [5.74, 6) is 0. The molecule has 0 bridgehead atoms. The van der Waals surface area contributed by atoms with Crippen LogP contribution in [-0.2, 0) is 10.7 Å². The molecule has 1 aromatic rings. The van der Waals surface area contributed by atoms with Gasteiger partial charge in [0.1, 0.15) is 10.7 Å². The summed E-state index contributed by atoms with van der Waals surface area (Å²) in [6.07, 6.45) is 1.12. The highest BCUT2D eigenvalue weighted by Gasteiger charge is 1.98. The second-order valence-electron chi connectivity index (χ2n) is 2.03. The lowest BCUT2D eigenvalue weighted by Crippen LogP contribution is -1.84. The summed E-state index contributed by atoms with van der Waals surface area (Å²) in [4.78, 5) is 9.59. The second-order valence-corrected chi connectivity index (χ2v) is 2.91. The molecule has 0 aliphatic heterocycles. The zero-order valence-corrected chi connectivity index (χ0v) is 7.81. The Hall–Kier alpha value is -1.43. The maximum atomic E-state index is 10.0. The molecule has 72 valence electrons. The van der Waals surface area contributed by atoms with Crippen LogP contribution in [0.25, 0.3) is 0 Å². The highest BCUT2D eigenvalue weighted by molar-refractivity contribution is 7.71. The van der Waals surface area contributed by atoms with E-state index in [0.717, 1.165) is 6.26 Å². The lowest BCUT2D eigenvalue weighted by Gasteiger charge is -1.85. The lowest BCUT2D eigenvalue weighted by molar-refractivity contribution is -0.384. The van der Waals surface area contributed by atoms with Crippen LogP contribution >= 0.6 is 0 Å². The first-order valence-corrected chi connectivity index (χ1v) is 4.94. The number of nitro benzene ring substituents is 1. The third-order valence-electron chi connectivity index (χ3n) is 0.967. The zero-order valence-electron chi connectivity index (χ0n) is 6.91. The Bertz CT molecular complexity index is 326. The average Bonchev–Trinajstić information content (AvgIpc) is 2.05. The molecule has 0 saturated heterocycles. The number of nitro groups is 1. The van der Waals surface area contributed by atoms with E-state index in [1.807, 2.05) is 0 Å². The normalized spacial score (nSPS) is 8.77. The van der Waals surface area contributed by atoms with Crippen LogP contribution in [0.3, 0.4) is 0 Å². The fourth-order valence-electron chi connectivity index (χ4n) is 0.550. The molecule has 0 amide bonds. The van der Waals surface area contributed by atoms with Crippen LogP contribution in [0.5, 0.6) is 0 Å². The van der Waals surface area contributed by atoms with E-state index in [-0.39, 0.29) is 5.69 Å². The van der Waals surface area contributed by atoms with E-state index < -0.39 is 15.6 Å². The Morgan fingerprint density at radius 1 is 1.23 bits per heavy atom. The van der Waals surface area contributed by atoms with Crippen LogP contribution in [0.1, 0.15) is 0 Å². The van der Waals surface area contributed by atoms with Crippen molar-refractivity contribution in [2.75, 3.05) is 6.26 Å². The predicted molar refractivity (Wildman–Crippen MR) is 49.3 cm³/mol. The van der Waals surface area contributed by atoms with Gasteiger partial charge in [-0.15, -0.1) is 0 Å². The molecule has 1 aromatic carbocycles. The number of hydrogen-bond donors (Lipinski definition) is 1. The molecule has 0 unspecified atom stereocenters. The maximum Gasteiger partial charge on any atom is 0.269 e. The van der Waals surface area contributed by atoms with Crippen LogP contribution in [0, 0.1) is 10.1 Å². The molecular weight excluding hydrogens is 194 g/mol. The fraction of sp³-hybridized carbons (Fsp3) is 0.143. The van der Waals surface area contributed by atoms with E-state index in [1.54, 1.807) is 18.2 Å². The van der Waals surface area contributed by atoms with Crippen LogP contribution in [-0.4, -0.2) is 19.6 Å². The SMILES string of the molecule is C[SH](=O)=O.O=[N+]([O-])c1ccccc1. The van der Waals surface area contributed by atoms with E-state index in [4.69, 9.17) is 8.42 Å². The minimum Gasteiger partial charge on any atom is -0.258 e. The molecule has 0 aliphatic carbocycles. The Labute approximate surface area is 77.1 Å². The van der Waals surface area contributed by atoms with E-state index in [2.05, 4.69) is 0 Å². The largest absolute Gasteiger partial charge is 0.269 e. The van der Waals surface area contributed by atoms with Crippen molar-refractivity contribution in [2.24, 2.45) is 0 Å². The molecule has 0 spiro atoms. The highest BCUT2D eigenvalue weighted by Crippen LogP contribution is 2.06. The van der Waals surface area contributed by atoms with Crippen molar-refractivity contribution >= 4 is 16.4 Å². The molecule has 5 nitrogen and oxygen atoms in total. The Morgan fingerprint density at radius 3 is 1.85 bits per heavy atom. The van der Waals surface area contributed by atoms with Gasteiger partial charge in [0, 0.05) is 18.4 Å². The summed E-state index contributed by atoms with van der Waals surface area (Å²) in [6.45, 7) is 0. The molecule has 0 atom stereocenters. The summed E-state index contributed by atoms with van der Waals surface area (Å²) in [7, 11) is -2.12. The van der Waals surface area contributed by atoms with Gasteiger partial charge in [0.2, 0.25) is 0 Å². The molecular formula is C7H9NO4S. The fourth-order valence-corrected chi connectivity index (χ4v) is 0.550. The van der Waals surface area contributed by atoms with Gasteiger partial charge in [-0.25, -0.2) is 8.42 Å². The highest BCUT2D eigenvalue weighted by atomic mass is 32.2. The molecule has 0 aliphatic rings. The molecule has 0 saturated carbocycles. The first-order chi connectivity index (χ1) is 6.04. The monoisotopic (exact) mass is 203 g/mol. The average molecular weight is 203 g/mol. The molecule has 0 fully saturated rings. The van der Waals surface area contributed by atoms with Crippen molar-refractivity contribution in [1.82, 2.24) is 0 Å². The van der Waals surface area contributed by atoms with Crippen molar-refractivity contribution in [3.63, 3.8) is 0 Å². The van der Waals surface area contributed by atoms with Crippen molar-refractivity contribution in [3.05, 3.63) is 40.4 Å². The predicted octanol–water partition coefficient (Wildman–Crippen LogP) is 0.822. The summed E-state index contributed by atoms with van der Waals surface area (Å²) in [6, 6.07) is 7.93. The van der Waals surface area contributed by atoms with Gasteiger partial charge in [0.25, 0.3) is 5.69 Å². The quantitative estimate of drug-likeness (QED) is 0.416. The number of hydrogen-bond acceptors (Lipinski definition) is 4. The Morgan fingerprint density at radius 2 is 1.62 bits per heavy atom. The maximum absolute atomic E-state index is 10.0.